The van der Waals surface area contributed by atoms with E-state index in [9.17, 15) is 24.0 Å². The van der Waals surface area contributed by atoms with Crippen LogP contribution in [0.15, 0.2) is 42.1 Å². The molecule has 0 saturated heterocycles. The second-order valence-corrected chi connectivity index (χ2v) is 7.88. The number of benzene rings is 1. The Hall–Kier alpha value is -3.93. The van der Waals surface area contributed by atoms with Crippen LogP contribution in [0.3, 0.4) is 0 Å². The smallest absolute Gasteiger partial charge is 0.320 e. The molecule has 1 aliphatic heterocycles. The average Bonchev–Trinajstić information content (AvgIpc) is 2.89. The molecule has 2 N–H and O–H groups in total. The predicted molar refractivity (Wildman–Crippen MR) is 122 cm³/mol. The van der Waals surface area contributed by atoms with E-state index >= 15 is 0 Å². The number of ether oxygens (including phenoxy) is 5. The van der Waals surface area contributed by atoms with E-state index in [2.05, 4.69) is 0 Å². The summed E-state index contributed by atoms with van der Waals surface area (Å²) in [5.41, 5.74) is 6.26. The number of nitrogens with two attached hydrogens (primary N) is 1. The van der Waals surface area contributed by atoms with E-state index in [0.29, 0.717) is 0 Å². The van der Waals surface area contributed by atoms with Crippen molar-refractivity contribution in [3.05, 3.63) is 47.7 Å². The fraction of sp³-hybridized carbons (Fsp3) is 0.458. The summed E-state index contributed by atoms with van der Waals surface area (Å²) in [6.07, 6.45) is 0.216. The van der Waals surface area contributed by atoms with Crippen LogP contribution in [0.5, 0.6) is 0 Å². The van der Waals surface area contributed by atoms with Gasteiger partial charge in [0.2, 0.25) is 5.91 Å². The minimum Gasteiger partial charge on any atom is -0.468 e. The third-order valence-corrected chi connectivity index (χ3v) is 6.03. The van der Waals surface area contributed by atoms with Crippen molar-refractivity contribution in [2.75, 3.05) is 35.5 Å². The van der Waals surface area contributed by atoms with Gasteiger partial charge in [-0.05, 0) is 5.56 Å². The van der Waals surface area contributed by atoms with E-state index in [0.717, 1.165) is 34.0 Å². The Labute approximate surface area is 208 Å². The van der Waals surface area contributed by atoms with Gasteiger partial charge in [-0.1, -0.05) is 30.3 Å². The molecular weight excluding hydrogens is 476 g/mol. The third kappa shape index (κ3) is 5.82. The lowest BCUT2D eigenvalue weighted by Crippen LogP contribution is -2.57. The first-order chi connectivity index (χ1) is 17.2. The summed E-state index contributed by atoms with van der Waals surface area (Å²) in [6, 6.07) is 9.05. The van der Waals surface area contributed by atoms with Crippen molar-refractivity contribution in [1.82, 2.24) is 4.90 Å². The summed E-state index contributed by atoms with van der Waals surface area (Å²) in [7, 11) is 5.51. The Balaban J connectivity index is 2.87. The van der Waals surface area contributed by atoms with Gasteiger partial charge < -0.3 is 34.3 Å². The van der Waals surface area contributed by atoms with Crippen LogP contribution in [-0.4, -0.2) is 76.5 Å². The lowest BCUT2D eigenvalue weighted by atomic mass is 9.68. The zero-order chi connectivity index (χ0) is 27.0. The highest BCUT2D eigenvalue weighted by Crippen LogP contribution is 2.44. The number of hydrogen-bond donors (Lipinski definition) is 1. The van der Waals surface area contributed by atoms with Crippen LogP contribution in [-0.2, 0) is 54.2 Å². The highest BCUT2D eigenvalue weighted by atomic mass is 16.6. The number of carbonyl (C=O) groups is 5. The average molecular weight is 507 g/mol. The molecule has 12 nitrogen and oxygen atoms in total. The standard InChI is InChI=1S/C24H30N2O10/c1-32-20-16(18(23(30)35-4)24(31)36-5)15(17(21(28)33-2)22(29)34-3)14(19(25)27)12-26(20)11-13-9-7-6-8-10-13/h6-10,12,15-18,20H,11H2,1-5H3,(H2,25,27)/t15-,16-,20-/m0/s1. The first-order valence-electron chi connectivity index (χ1n) is 10.8. The highest BCUT2D eigenvalue weighted by Gasteiger charge is 2.57. The van der Waals surface area contributed by atoms with Crippen LogP contribution in [0.2, 0.25) is 0 Å². The molecule has 0 unspecified atom stereocenters. The maximum absolute atomic E-state index is 12.9. The molecule has 1 aromatic carbocycles. The monoisotopic (exact) mass is 506 g/mol. The topological polar surface area (TPSA) is 161 Å². The van der Waals surface area contributed by atoms with Gasteiger partial charge in [0, 0.05) is 37.3 Å². The van der Waals surface area contributed by atoms with Crippen molar-refractivity contribution in [3.8, 4) is 0 Å². The minimum absolute atomic E-state index is 0.162. The van der Waals surface area contributed by atoms with Crippen molar-refractivity contribution in [2.24, 2.45) is 29.4 Å². The molecule has 12 heteroatoms. The maximum atomic E-state index is 12.9. The van der Waals surface area contributed by atoms with E-state index < -0.39 is 59.7 Å². The quantitative estimate of drug-likeness (QED) is 0.258. The van der Waals surface area contributed by atoms with Crippen LogP contribution in [0.25, 0.3) is 0 Å². The second kappa shape index (κ2) is 12.7. The lowest BCUT2D eigenvalue weighted by Gasteiger charge is -2.46. The summed E-state index contributed by atoms with van der Waals surface area (Å²) in [4.78, 5) is 65.6. The van der Waals surface area contributed by atoms with Gasteiger partial charge in [-0.2, -0.15) is 0 Å². The third-order valence-electron chi connectivity index (χ3n) is 6.03. The Kier molecular flexibility index (Phi) is 9.97. The van der Waals surface area contributed by atoms with Gasteiger partial charge in [0.1, 0.15) is 6.23 Å². The fourth-order valence-corrected chi connectivity index (χ4v) is 4.48. The van der Waals surface area contributed by atoms with E-state index in [1.165, 1.54) is 13.3 Å². The van der Waals surface area contributed by atoms with Crippen molar-refractivity contribution in [2.45, 2.75) is 12.8 Å². The molecule has 36 heavy (non-hydrogen) atoms. The highest BCUT2D eigenvalue weighted by molar-refractivity contribution is 6.01. The number of methoxy groups -OCH3 is 5. The van der Waals surface area contributed by atoms with Crippen LogP contribution < -0.4 is 5.73 Å². The summed E-state index contributed by atoms with van der Waals surface area (Å²) >= 11 is 0. The fourth-order valence-electron chi connectivity index (χ4n) is 4.48. The van der Waals surface area contributed by atoms with Gasteiger partial charge in [0.05, 0.1) is 28.4 Å². The first-order valence-corrected chi connectivity index (χ1v) is 10.8. The van der Waals surface area contributed by atoms with E-state index in [4.69, 9.17) is 29.4 Å². The summed E-state index contributed by atoms with van der Waals surface area (Å²) in [6.45, 7) is 0.162. The second-order valence-electron chi connectivity index (χ2n) is 7.88. The number of carbonyl (C=O) groups excluding carboxylic acids is 5. The Morgan fingerprint density at radius 2 is 1.28 bits per heavy atom. The van der Waals surface area contributed by atoms with Gasteiger partial charge in [-0.15, -0.1) is 0 Å². The molecule has 0 saturated carbocycles. The Morgan fingerprint density at radius 3 is 1.69 bits per heavy atom. The Bertz CT molecular complexity index is 977. The molecular formula is C24H30N2O10. The first kappa shape index (κ1) is 28.3. The van der Waals surface area contributed by atoms with Gasteiger partial charge in [-0.3, -0.25) is 24.0 Å². The van der Waals surface area contributed by atoms with Crippen LogP contribution in [0, 0.1) is 23.7 Å². The van der Waals surface area contributed by atoms with Gasteiger partial charge in [-0.25, -0.2) is 0 Å². The summed E-state index contributed by atoms with van der Waals surface area (Å²) in [5.74, 6) is -11.5. The molecule has 3 atom stereocenters. The van der Waals surface area contributed by atoms with Crippen LogP contribution in [0.1, 0.15) is 5.56 Å². The number of nitrogens with zero attached hydrogens (tertiary/aromatic N) is 1. The molecule has 1 heterocycles. The van der Waals surface area contributed by atoms with Gasteiger partial charge in [0.25, 0.3) is 0 Å². The number of esters is 4. The van der Waals surface area contributed by atoms with Crippen LogP contribution >= 0.6 is 0 Å². The molecule has 1 aliphatic rings. The SMILES string of the molecule is COC(=O)C(C(=O)OC)[C@@H]1[C@@H](C(C(=O)OC)C(=O)OC)C(C(N)=O)=CN(Cc2ccccc2)[C@H]1OC. The maximum Gasteiger partial charge on any atom is 0.320 e. The molecule has 1 aromatic rings. The normalized spacial score (nSPS) is 19.4. The minimum atomic E-state index is -1.77. The number of primary amides is 1. The summed E-state index contributed by atoms with van der Waals surface area (Å²) in [5, 5.41) is 0. The molecule has 0 spiro atoms. The molecule has 0 aliphatic carbocycles. The Morgan fingerprint density at radius 1 is 0.806 bits per heavy atom. The molecule has 0 aromatic heterocycles. The van der Waals surface area contributed by atoms with Gasteiger partial charge >= 0.3 is 23.9 Å². The number of hydrogen-bond acceptors (Lipinski definition) is 11. The van der Waals surface area contributed by atoms with Crippen molar-refractivity contribution in [1.29, 1.82) is 0 Å². The molecule has 196 valence electrons. The largest absolute Gasteiger partial charge is 0.468 e. The predicted octanol–water partition coefficient (Wildman–Crippen LogP) is 0.000700. The zero-order valence-electron chi connectivity index (χ0n) is 20.7. The lowest BCUT2D eigenvalue weighted by molar-refractivity contribution is -0.181. The summed E-state index contributed by atoms with van der Waals surface area (Å²) < 4.78 is 25.0. The number of rotatable bonds is 10. The van der Waals surface area contributed by atoms with Crippen molar-refractivity contribution in [3.63, 3.8) is 0 Å². The van der Waals surface area contributed by atoms with E-state index in [1.807, 2.05) is 18.2 Å². The van der Waals surface area contributed by atoms with Crippen LogP contribution in [0.4, 0.5) is 0 Å². The van der Waals surface area contributed by atoms with E-state index in [1.54, 1.807) is 17.0 Å². The van der Waals surface area contributed by atoms with Crippen molar-refractivity contribution < 1.29 is 47.7 Å². The molecule has 2 rings (SSSR count). The molecule has 0 bridgehead atoms. The molecule has 0 fully saturated rings. The van der Waals surface area contributed by atoms with Crippen molar-refractivity contribution >= 4 is 29.8 Å². The molecule has 1 amide bonds. The zero-order valence-corrected chi connectivity index (χ0v) is 20.7. The van der Waals surface area contributed by atoms with Gasteiger partial charge in [0.15, 0.2) is 11.8 Å². The molecule has 0 radical (unpaired) electrons. The number of amides is 1. The van der Waals surface area contributed by atoms with E-state index in [-0.39, 0.29) is 12.1 Å².